The van der Waals surface area contributed by atoms with E-state index in [9.17, 15) is 0 Å². The Labute approximate surface area is 345 Å². The molecule has 0 saturated heterocycles. The Bertz CT molecular complexity index is 3550. The summed E-state index contributed by atoms with van der Waals surface area (Å²) >= 11 is 1.87. The van der Waals surface area contributed by atoms with E-state index in [0.717, 1.165) is 55.5 Å². The minimum Gasteiger partial charge on any atom is -0.455 e. The number of fused-ring (bicyclic) bond motifs is 9. The van der Waals surface area contributed by atoms with Gasteiger partial charge in [0.25, 0.3) is 0 Å². The summed E-state index contributed by atoms with van der Waals surface area (Å²) in [5, 5.41) is 9.71. The van der Waals surface area contributed by atoms with Crippen LogP contribution in [0.5, 0.6) is 0 Å². The van der Waals surface area contributed by atoms with Crippen molar-refractivity contribution in [1.82, 2.24) is 0 Å². The Kier molecular flexibility index (Phi) is 7.75. The highest BCUT2D eigenvalue weighted by Crippen LogP contribution is 2.44. The van der Waals surface area contributed by atoms with Crippen LogP contribution in [-0.4, -0.2) is 0 Å². The smallest absolute Gasteiger partial charge is 0.143 e. The zero-order chi connectivity index (χ0) is 38.9. The van der Waals surface area contributed by atoms with E-state index in [2.05, 4.69) is 217 Å². The van der Waals surface area contributed by atoms with Crippen LogP contribution in [0.15, 0.2) is 217 Å². The molecule has 0 spiro atoms. The van der Waals surface area contributed by atoms with Gasteiger partial charge in [-0.3, -0.25) is 0 Å². The van der Waals surface area contributed by atoms with E-state index in [1.165, 1.54) is 58.6 Å². The monoisotopic (exact) mass is 769 g/mol. The highest BCUT2D eigenvalue weighted by atomic mass is 32.1. The summed E-state index contributed by atoms with van der Waals surface area (Å²) in [6.45, 7) is 0. The summed E-state index contributed by atoms with van der Waals surface area (Å²) in [6, 6.07) is 76.9. The second kappa shape index (κ2) is 13.6. The summed E-state index contributed by atoms with van der Waals surface area (Å²) < 4.78 is 9.19. The van der Waals surface area contributed by atoms with Gasteiger partial charge < -0.3 is 9.32 Å². The number of furan rings is 1. The molecular weight excluding hydrogens is 735 g/mol. The maximum Gasteiger partial charge on any atom is 0.143 e. The van der Waals surface area contributed by atoms with Crippen molar-refractivity contribution < 1.29 is 4.42 Å². The predicted octanol–water partition coefficient (Wildman–Crippen LogP) is 16.7. The van der Waals surface area contributed by atoms with Gasteiger partial charge in [0.1, 0.15) is 11.2 Å². The minimum absolute atomic E-state index is 0.899. The van der Waals surface area contributed by atoms with E-state index >= 15 is 0 Å². The van der Waals surface area contributed by atoms with Gasteiger partial charge >= 0.3 is 0 Å². The number of nitrogens with zero attached hydrogens (tertiary/aromatic N) is 1. The molecule has 0 unspecified atom stereocenters. The minimum atomic E-state index is 0.899. The van der Waals surface area contributed by atoms with E-state index in [4.69, 9.17) is 4.42 Å². The van der Waals surface area contributed by atoms with Gasteiger partial charge in [0.15, 0.2) is 0 Å². The Balaban J connectivity index is 0.986. The fourth-order valence-electron chi connectivity index (χ4n) is 9.09. The Morgan fingerprint density at radius 1 is 0.356 bits per heavy atom. The molecule has 2 heterocycles. The quantitative estimate of drug-likeness (QED) is 0.167. The predicted molar refractivity (Wildman–Crippen MR) is 253 cm³/mol. The molecule has 10 aromatic carbocycles. The second-order valence-electron chi connectivity index (χ2n) is 15.2. The molecule has 0 amide bonds. The molecule has 12 aromatic rings. The summed E-state index contributed by atoms with van der Waals surface area (Å²) in [5.74, 6) is 0. The van der Waals surface area contributed by atoms with E-state index in [1.54, 1.807) is 0 Å². The van der Waals surface area contributed by atoms with Crippen molar-refractivity contribution in [3.63, 3.8) is 0 Å². The number of hydrogen-bond acceptors (Lipinski definition) is 3. The van der Waals surface area contributed by atoms with E-state index in [-0.39, 0.29) is 0 Å². The molecular formula is C56H35NOS. The normalized spacial score (nSPS) is 11.7. The third kappa shape index (κ3) is 5.55. The van der Waals surface area contributed by atoms with Crippen molar-refractivity contribution in [2.75, 3.05) is 4.90 Å². The maximum absolute atomic E-state index is 6.55. The first-order valence-electron chi connectivity index (χ1n) is 20.1. The van der Waals surface area contributed by atoms with Crippen molar-refractivity contribution in [1.29, 1.82) is 0 Å². The zero-order valence-electron chi connectivity index (χ0n) is 32.0. The molecule has 0 saturated carbocycles. The molecule has 0 fully saturated rings. The van der Waals surface area contributed by atoms with Crippen LogP contribution < -0.4 is 4.90 Å². The molecule has 0 aliphatic rings. The molecule has 2 nitrogen and oxygen atoms in total. The third-order valence-corrected chi connectivity index (χ3v) is 13.1. The molecule has 0 aliphatic carbocycles. The Morgan fingerprint density at radius 3 is 1.76 bits per heavy atom. The Hall–Kier alpha value is -7.46. The number of rotatable bonds is 6. The van der Waals surface area contributed by atoms with Crippen LogP contribution >= 0.6 is 11.3 Å². The summed E-state index contributed by atoms with van der Waals surface area (Å²) in [6.07, 6.45) is 0. The van der Waals surface area contributed by atoms with E-state index < -0.39 is 0 Å². The first kappa shape index (κ1) is 33.7. The lowest BCUT2D eigenvalue weighted by Gasteiger charge is -2.26. The van der Waals surface area contributed by atoms with Crippen LogP contribution in [0, 0.1) is 0 Å². The highest BCUT2D eigenvalue weighted by Gasteiger charge is 2.18. The number of thiophene rings is 1. The molecule has 12 rings (SSSR count). The lowest BCUT2D eigenvalue weighted by atomic mass is 9.97. The van der Waals surface area contributed by atoms with Crippen LogP contribution in [0.1, 0.15) is 0 Å². The van der Waals surface area contributed by atoms with Crippen molar-refractivity contribution in [2.45, 2.75) is 0 Å². The average Bonchev–Trinajstić information content (AvgIpc) is 3.89. The van der Waals surface area contributed by atoms with Gasteiger partial charge in [-0.15, -0.1) is 11.3 Å². The van der Waals surface area contributed by atoms with Crippen LogP contribution in [0.3, 0.4) is 0 Å². The molecule has 276 valence electrons. The van der Waals surface area contributed by atoms with Gasteiger partial charge in [0.05, 0.1) is 0 Å². The van der Waals surface area contributed by atoms with Gasteiger partial charge in [-0.1, -0.05) is 158 Å². The highest BCUT2D eigenvalue weighted by molar-refractivity contribution is 7.26. The van der Waals surface area contributed by atoms with Gasteiger partial charge in [-0.25, -0.2) is 0 Å². The zero-order valence-corrected chi connectivity index (χ0v) is 32.8. The fourth-order valence-corrected chi connectivity index (χ4v) is 10.3. The topological polar surface area (TPSA) is 16.4 Å². The Morgan fingerprint density at radius 2 is 0.949 bits per heavy atom. The van der Waals surface area contributed by atoms with Crippen molar-refractivity contribution in [2.24, 2.45) is 0 Å². The lowest BCUT2D eigenvalue weighted by Crippen LogP contribution is -2.10. The first-order chi connectivity index (χ1) is 29.2. The number of anilines is 3. The maximum atomic E-state index is 6.55. The molecule has 0 N–H and O–H groups in total. The van der Waals surface area contributed by atoms with Crippen LogP contribution in [0.4, 0.5) is 17.1 Å². The SMILES string of the molecule is c1cc(-c2cccc3ccccc23)cc(N(c2ccc(-c3cccc4c3sc3ccccc34)cc2)c2ccc(-c3cccc4oc5c6ccccc6ccc5c34)cc2)c1. The van der Waals surface area contributed by atoms with Crippen LogP contribution in [0.2, 0.25) is 0 Å². The number of benzene rings is 10. The second-order valence-corrected chi connectivity index (χ2v) is 16.3. The molecule has 0 radical (unpaired) electrons. The third-order valence-electron chi connectivity index (χ3n) is 11.9. The summed E-state index contributed by atoms with van der Waals surface area (Å²) in [4.78, 5) is 2.38. The molecule has 59 heavy (non-hydrogen) atoms. The summed E-state index contributed by atoms with van der Waals surface area (Å²) in [5.41, 5.74) is 12.3. The standard InChI is InChI=1S/C56H35NOS/c1-3-16-44-36(11-1)13-8-19-45(44)40-14-7-15-43(35-40)57(42-32-27-39(28-33-42)48-21-9-22-50-49-18-5-6-24-53(49)59-56(48)50)41-30-25-38(26-31-41)46-20-10-23-52-54(46)51-34-29-37-12-2-4-17-47(37)55(51)58-52/h1-35H. The average molecular weight is 770 g/mol. The van der Waals surface area contributed by atoms with Gasteiger partial charge in [0, 0.05) is 53.4 Å². The van der Waals surface area contributed by atoms with E-state index in [1.807, 2.05) is 11.3 Å². The molecule has 0 bridgehead atoms. The van der Waals surface area contributed by atoms with Crippen molar-refractivity contribution in [3.05, 3.63) is 212 Å². The van der Waals surface area contributed by atoms with Crippen LogP contribution in [-0.2, 0) is 0 Å². The lowest BCUT2D eigenvalue weighted by molar-refractivity contribution is 0.673. The molecule has 0 aliphatic heterocycles. The van der Waals surface area contributed by atoms with Crippen molar-refractivity contribution >= 4 is 92.1 Å². The van der Waals surface area contributed by atoms with Crippen LogP contribution in [0.25, 0.3) is 97.0 Å². The summed E-state index contributed by atoms with van der Waals surface area (Å²) in [7, 11) is 0. The van der Waals surface area contributed by atoms with Gasteiger partial charge in [-0.05, 0) is 104 Å². The van der Waals surface area contributed by atoms with Crippen molar-refractivity contribution in [3.8, 4) is 33.4 Å². The van der Waals surface area contributed by atoms with Gasteiger partial charge in [-0.2, -0.15) is 0 Å². The largest absolute Gasteiger partial charge is 0.455 e. The first-order valence-corrected chi connectivity index (χ1v) is 20.9. The molecule has 0 atom stereocenters. The molecule has 2 aromatic heterocycles. The van der Waals surface area contributed by atoms with Gasteiger partial charge in [0.2, 0.25) is 0 Å². The number of hydrogen-bond donors (Lipinski definition) is 0. The van der Waals surface area contributed by atoms with E-state index in [0.29, 0.717) is 0 Å². The fraction of sp³-hybridized carbons (Fsp3) is 0. The molecule has 3 heteroatoms.